The van der Waals surface area contributed by atoms with Crippen LogP contribution in [0.2, 0.25) is 0 Å². The van der Waals surface area contributed by atoms with E-state index >= 15 is 0 Å². The summed E-state index contributed by atoms with van der Waals surface area (Å²) in [7, 11) is 0. The van der Waals surface area contributed by atoms with Gasteiger partial charge < -0.3 is 4.57 Å². The van der Waals surface area contributed by atoms with Crippen LogP contribution in [0.3, 0.4) is 0 Å². The van der Waals surface area contributed by atoms with Crippen LogP contribution in [0.15, 0.2) is 164 Å². The topological polar surface area (TPSA) is 56.5 Å². The normalized spacial score (nSPS) is 11.1. The first-order valence-corrected chi connectivity index (χ1v) is 19.3. The first kappa shape index (κ1) is 39.2. The average molecular weight is 919 g/mol. The Kier molecular flexibility index (Phi) is 11.9. The number of aryl methyl sites for hydroxylation is 1. The molecule has 9 rings (SSSR count). The van der Waals surface area contributed by atoms with E-state index in [1.807, 2.05) is 42.7 Å². The van der Waals surface area contributed by atoms with Gasteiger partial charge in [-0.15, -0.1) is 41.0 Å². The third-order valence-electron chi connectivity index (χ3n) is 10.4. The van der Waals surface area contributed by atoms with E-state index < -0.39 is 0 Å². The summed E-state index contributed by atoms with van der Waals surface area (Å²) in [4.78, 5) is 9.34. The molecule has 3 heterocycles. The summed E-state index contributed by atoms with van der Waals surface area (Å²) in [6.45, 7) is 11.1. The standard InChI is InChI=1S/C27H28N3.C24H16N2.Ir/c1-18(2)22-16-11-17-23(19(3)4)25(22)30-26(21-13-7-6-8-14-21)28-29-27(30)24-15-10-9-12-20(24)5;1-3-7-17(8-4-1)19-13-15-25-23-21(19)11-12-22-20(14-16-26-24(22)23)18-9-5-2-6-10-18;/h6-13,15-19H,1-5H3;1-16H;/q-1;;. The molecule has 5 nitrogen and oxygen atoms in total. The second-order valence-electron chi connectivity index (χ2n) is 14.7. The van der Waals surface area contributed by atoms with Crippen molar-refractivity contribution in [3.05, 3.63) is 187 Å². The van der Waals surface area contributed by atoms with E-state index in [0.717, 1.165) is 44.6 Å². The van der Waals surface area contributed by atoms with E-state index in [1.165, 1.54) is 44.6 Å². The van der Waals surface area contributed by atoms with Crippen LogP contribution in [0.1, 0.15) is 56.2 Å². The van der Waals surface area contributed by atoms with Crippen LogP contribution in [0.4, 0.5) is 0 Å². The molecule has 6 heteroatoms. The predicted octanol–water partition coefficient (Wildman–Crippen LogP) is 13.1. The van der Waals surface area contributed by atoms with E-state index in [4.69, 9.17) is 5.10 Å². The van der Waals surface area contributed by atoms with E-state index in [1.54, 1.807) is 0 Å². The van der Waals surface area contributed by atoms with Crippen molar-refractivity contribution < 1.29 is 20.1 Å². The second kappa shape index (κ2) is 17.4. The number of rotatable bonds is 7. The molecule has 0 spiro atoms. The fraction of sp³-hybridized carbons (Fsp3) is 0.137. The molecule has 0 amide bonds. The van der Waals surface area contributed by atoms with Crippen LogP contribution in [0.25, 0.3) is 72.5 Å². The van der Waals surface area contributed by atoms with Gasteiger partial charge in [0.15, 0.2) is 5.82 Å². The summed E-state index contributed by atoms with van der Waals surface area (Å²) in [5.41, 5.74) is 13.7. The van der Waals surface area contributed by atoms with Gasteiger partial charge in [-0.1, -0.05) is 143 Å². The zero-order valence-electron chi connectivity index (χ0n) is 32.8. The van der Waals surface area contributed by atoms with Gasteiger partial charge in [-0.05, 0) is 69.8 Å². The number of fused-ring (bicyclic) bond motifs is 3. The number of para-hydroxylation sites is 1. The molecule has 9 aromatic rings. The molecule has 1 radical (unpaired) electrons. The first-order chi connectivity index (χ1) is 27.4. The van der Waals surface area contributed by atoms with Gasteiger partial charge in [0.1, 0.15) is 0 Å². The minimum atomic E-state index is 0. The maximum atomic E-state index is 4.69. The number of benzene rings is 6. The Bertz CT molecular complexity index is 2630. The van der Waals surface area contributed by atoms with Gasteiger partial charge in [0.05, 0.1) is 16.9 Å². The summed E-state index contributed by atoms with van der Waals surface area (Å²) >= 11 is 0. The van der Waals surface area contributed by atoms with Gasteiger partial charge in [-0.2, -0.15) is 5.10 Å². The van der Waals surface area contributed by atoms with Crippen molar-refractivity contribution in [3.8, 4) is 50.7 Å². The minimum absolute atomic E-state index is 0. The Morgan fingerprint density at radius 1 is 0.491 bits per heavy atom. The van der Waals surface area contributed by atoms with E-state index in [2.05, 4.69) is 182 Å². The van der Waals surface area contributed by atoms with E-state index in [9.17, 15) is 0 Å². The van der Waals surface area contributed by atoms with Crippen molar-refractivity contribution in [1.82, 2.24) is 24.7 Å². The smallest absolute Gasteiger partial charge is 0.159 e. The fourth-order valence-electron chi connectivity index (χ4n) is 7.54. The van der Waals surface area contributed by atoms with Crippen molar-refractivity contribution >= 4 is 21.8 Å². The molecule has 0 bridgehead atoms. The average Bonchev–Trinajstić information content (AvgIpc) is 3.69. The third-order valence-corrected chi connectivity index (χ3v) is 10.4. The van der Waals surface area contributed by atoms with Gasteiger partial charge in [0, 0.05) is 54.5 Å². The molecule has 57 heavy (non-hydrogen) atoms. The molecule has 6 aromatic carbocycles. The number of hydrogen-bond donors (Lipinski definition) is 0. The molecular formula is C51H44IrN5-. The monoisotopic (exact) mass is 919 g/mol. The Balaban J connectivity index is 0.000000172. The Morgan fingerprint density at radius 2 is 1.00 bits per heavy atom. The molecule has 0 aliphatic carbocycles. The molecule has 0 aliphatic rings. The molecule has 0 atom stereocenters. The quantitative estimate of drug-likeness (QED) is 0.118. The molecular weight excluding hydrogens is 875 g/mol. The van der Waals surface area contributed by atoms with Crippen LogP contribution >= 0.6 is 0 Å². The third kappa shape index (κ3) is 7.84. The SMILES string of the molecule is Cc1ccccc1-c1nnc(-c2[c-]cccc2)n1-c1c(C(C)C)cccc1C(C)C.[Ir].c1ccc(-c2ccnc3c2ccc2c(-c4ccccc4)ccnc23)cc1. The summed E-state index contributed by atoms with van der Waals surface area (Å²) < 4.78 is 2.25. The van der Waals surface area contributed by atoms with Crippen LogP contribution in [0.5, 0.6) is 0 Å². The molecule has 0 N–H and O–H groups in total. The maximum absolute atomic E-state index is 4.69. The Hall–Kier alpha value is -6.07. The number of hydrogen-bond acceptors (Lipinski definition) is 4. The van der Waals surface area contributed by atoms with E-state index in [-0.39, 0.29) is 20.1 Å². The largest absolute Gasteiger partial charge is 0.315 e. The molecule has 283 valence electrons. The summed E-state index contributed by atoms with van der Waals surface area (Å²) in [5.74, 6) is 2.44. The summed E-state index contributed by atoms with van der Waals surface area (Å²) in [6, 6.07) is 55.7. The van der Waals surface area contributed by atoms with Gasteiger partial charge in [0.2, 0.25) is 0 Å². The molecule has 3 aromatic heterocycles. The van der Waals surface area contributed by atoms with Crippen LogP contribution < -0.4 is 0 Å². The van der Waals surface area contributed by atoms with Gasteiger partial charge in [-0.25, -0.2) is 0 Å². The fourth-order valence-corrected chi connectivity index (χ4v) is 7.54. The predicted molar refractivity (Wildman–Crippen MR) is 232 cm³/mol. The number of nitrogens with zero attached hydrogens (tertiary/aromatic N) is 5. The number of aromatic nitrogens is 5. The minimum Gasteiger partial charge on any atom is -0.315 e. The van der Waals surface area contributed by atoms with Crippen molar-refractivity contribution in [3.63, 3.8) is 0 Å². The zero-order valence-corrected chi connectivity index (χ0v) is 35.2. The summed E-state index contributed by atoms with van der Waals surface area (Å²) in [5, 5.41) is 11.6. The second-order valence-corrected chi connectivity index (χ2v) is 14.7. The van der Waals surface area contributed by atoms with Gasteiger partial charge in [-0.3, -0.25) is 9.97 Å². The molecule has 0 saturated carbocycles. The van der Waals surface area contributed by atoms with E-state index in [0.29, 0.717) is 11.8 Å². The molecule has 0 unspecified atom stereocenters. The van der Waals surface area contributed by atoms with Crippen LogP contribution in [0, 0.1) is 13.0 Å². The Labute approximate surface area is 348 Å². The van der Waals surface area contributed by atoms with Gasteiger partial charge >= 0.3 is 0 Å². The molecule has 0 fully saturated rings. The van der Waals surface area contributed by atoms with Crippen molar-refractivity contribution in [1.29, 1.82) is 0 Å². The Morgan fingerprint density at radius 3 is 1.51 bits per heavy atom. The molecule has 0 saturated heterocycles. The van der Waals surface area contributed by atoms with Crippen molar-refractivity contribution in [2.45, 2.75) is 46.5 Å². The van der Waals surface area contributed by atoms with Crippen molar-refractivity contribution in [2.24, 2.45) is 0 Å². The van der Waals surface area contributed by atoms with Crippen LogP contribution in [-0.2, 0) is 20.1 Å². The van der Waals surface area contributed by atoms with Crippen molar-refractivity contribution in [2.75, 3.05) is 0 Å². The zero-order chi connectivity index (χ0) is 38.6. The number of pyridine rings is 2. The molecule has 0 aliphatic heterocycles. The van der Waals surface area contributed by atoms with Crippen LogP contribution in [-0.4, -0.2) is 24.7 Å². The summed E-state index contributed by atoms with van der Waals surface area (Å²) in [6.07, 6.45) is 3.75. The van der Waals surface area contributed by atoms with Gasteiger partial charge in [0.25, 0.3) is 0 Å². The first-order valence-electron chi connectivity index (χ1n) is 19.3. The maximum Gasteiger partial charge on any atom is 0.159 e.